The Morgan fingerprint density at radius 2 is 1.96 bits per heavy atom. The van der Waals surface area contributed by atoms with Gasteiger partial charge in [-0.25, -0.2) is 4.98 Å². The van der Waals surface area contributed by atoms with Gasteiger partial charge in [0.25, 0.3) is 0 Å². The van der Waals surface area contributed by atoms with E-state index in [4.69, 9.17) is 27.7 Å². The third-order valence-electron chi connectivity index (χ3n) is 3.56. The molecule has 7 heteroatoms. The topological polar surface area (TPSA) is 67.6 Å². The molecule has 1 aromatic carbocycles. The fourth-order valence-electron chi connectivity index (χ4n) is 2.49. The molecule has 0 aliphatic carbocycles. The molecule has 3 aromatic heterocycles. The number of hydrogen-bond donors (Lipinski definition) is 1. The maximum absolute atomic E-state index is 6.32. The molecule has 0 amide bonds. The average Bonchev–Trinajstić information content (AvgIpc) is 3.15. The van der Waals surface area contributed by atoms with Crippen LogP contribution in [0.1, 0.15) is 5.69 Å². The molecular formula is C16H10Cl2N4O. The van der Waals surface area contributed by atoms with Gasteiger partial charge in [0.15, 0.2) is 11.4 Å². The molecule has 4 aromatic rings. The second-order valence-electron chi connectivity index (χ2n) is 5.08. The van der Waals surface area contributed by atoms with Gasteiger partial charge in [-0.1, -0.05) is 40.5 Å². The number of aryl methyl sites for hydroxylation is 1. The van der Waals surface area contributed by atoms with Crippen molar-refractivity contribution in [2.24, 2.45) is 0 Å². The lowest BCUT2D eigenvalue weighted by Crippen LogP contribution is -1.86. The number of aromatic amines is 1. The van der Waals surface area contributed by atoms with Crippen molar-refractivity contribution in [3.63, 3.8) is 0 Å². The Kier molecular flexibility index (Phi) is 3.32. The first kappa shape index (κ1) is 14.2. The predicted octanol–water partition coefficient (Wildman–Crippen LogP) is 4.90. The van der Waals surface area contributed by atoms with Crippen LogP contribution in [0.25, 0.3) is 33.6 Å². The zero-order valence-corrected chi connectivity index (χ0v) is 13.5. The van der Waals surface area contributed by atoms with E-state index in [1.54, 1.807) is 24.7 Å². The summed E-state index contributed by atoms with van der Waals surface area (Å²) in [4.78, 5) is 11.9. The van der Waals surface area contributed by atoms with Gasteiger partial charge in [-0.05, 0) is 13.0 Å². The molecule has 23 heavy (non-hydrogen) atoms. The molecule has 5 nitrogen and oxygen atoms in total. The van der Waals surface area contributed by atoms with Crippen molar-refractivity contribution in [2.45, 2.75) is 6.92 Å². The molecule has 0 aliphatic heterocycles. The van der Waals surface area contributed by atoms with Gasteiger partial charge in [0.2, 0.25) is 0 Å². The van der Waals surface area contributed by atoms with Crippen molar-refractivity contribution in [1.29, 1.82) is 0 Å². The number of benzene rings is 1. The zero-order chi connectivity index (χ0) is 16.0. The first-order valence-corrected chi connectivity index (χ1v) is 7.61. The SMILES string of the molecule is Cc1cnc2c(-c3oncc3-c3cccc(Cl)c3Cl)c[nH]c2n1. The van der Waals surface area contributed by atoms with E-state index >= 15 is 0 Å². The second kappa shape index (κ2) is 5.37. The smallest absolute Gasteiger partial charge is 0.178 e. The minimum absolute atomic E-state index is 0.459. The number of nitrogens with one attached hydrogen (secondary N) is 1. The van der Waals surface area contributed by atoms with Crippen LogP contribution in [-0.4, -0.2) is 20.1 Å². The Labute approximate surface area is 141 Å². The van der Waals surface area contributed by atoms with Gasteiger partial charge in [-0.2, -0.15) is 0 Å². The summed E-state index contributed by atoms with van der Waals surface area (Å²) >= 11 is 12.4. The van der Waals surface area contributed by atoms with Gasteiger partial charge >= 0.3 is 0 Å². The lowest BCUT2D eigenvalue weighted by molar-refractivity contribution is 0.433. The molecule has 0 atom stereocenters. The number of aromatic nitrogens is 4. The number of fused-ring (bicyclic) bond motifs is 1. The molecule has 0 radical (unpaired) electrons. The lowest BCUT2D eigenvalue weighted by Gasteiger charge is -2.04. The lowest BCUT2D eigenvalue weighted by atomic mass is 10.0. The predicted molar refractivity (Wildman–Crippen MR) is 89.6 cm³/mol. The quantitative estimate of drug-likeness (QED) is 0.561. The highest BCUT2D eigenvalue weighted by atomic mass is 35.5. The number of rotatable bonds is 2. The second-order valence-corrected chi connectivity index (χ2v) is 5.87. The Hall–Kier alpha value is -2.37. The largest absolute Gasteiger partial charge is 0.355 e. The summed E-state index contributed by atoms with van der Waals surface area (Å²) in [7, 11) is 0. The summed E-state index contributed by atoms with van der Waals surface area (Å²) < 4.78 is 5.46. The van der Waals surface area contributed by atoms with E-state index in [0.717, 1.165) is 22.4 Å². The standard InChI is InChI=1S/C16H10Cl2N4O/c1-8-5-19-14-11(6-20-16(14)22-8)15-10(7-21-23-15)9-3-2-4-12(17)13(9)18/h2-7H,1H3,(H,20,22). The zero-order valence-electron chi connectivity index (χ0n) is 12.0. The first-order valence-electron chi connectivity index (χ1n) is 6.85. The van der Waals surface area contributed by atoms with Crippen molar-refractivity contribution >= 4 is 34.4 Å². The third kappa shape index (κ3) is 2.29. The molecule has 0 aliphatic rings. The molecule has 0 unspecified atom stereocenters. The maximum atomic E-state index is 6.32. The Balaban J connectivity index is 1.94. The summed E-state index contributed by atoms with van der Waals surface area (Å²) in [6.07, 6.45) is 5.13. The van der Waals surface area contributed by atoms with Gasteiger partial charge in [-0.15, -0.1) is 0 Å². The van der Waals surface area contributed by atoms with Crippen LogP contribution in [0, 0.1) is 6.92 Å². The fraction of sp³-hybridized carbons (Fsp3) is 0.0625. The summed E-state index contributed by atoms with van der Waals surface area (Å²) in [5.41, 5.74) is 4.52. The summed E-state index contributed by atoms with van der Waals surface area (Å²) in [5, 5.41) is 4.85. The van der Waals surface area contributed by atoms with Crippen LogP contribution in [0.3, 0.4) is 0 Å². The monoisotopic (exact) mass is 344 g/mol. The number of hydrogen-bond acceptors (Lipinski definition) is 4. The maximum Gasteiger partial charge on any atom is 0.178 e. The molecule has 114 valence electrons. The van der Waals surface area contributed by atoms with E-state index in [1.807, 2.05) is 19.1 Å². The molecule has 4 rings (SSSR count). The summed E-state index contributed by atoms with van der Waals surface area (Å²) in [6.45, 7) is 1.89. The van der Waals surface area contributed by atoms with Crippen molar-refractivity contribution < 1.29 is 4.52 Å². The number of halogens is 2. The molecular weight excluding hydrogens is 335 g/mol. The highest BCUT2D eigenvalue weighted by molar-refractivity contribution is 6.43. The fourth-order valence-corrected chi connectivity index (χ4v) is 2.90. The van der Waals surface area contributed by atoms with Crippen molar-refractivity contribution in [2.75, 3.05) is 0 Å². The molecule has 0 saturated carbocycles. The number of H-pyrrole nitrogens is 1. The van der Waals surface area contributed by atoms with E-state index in [2.05, 4.69) is 20.1 Å². The average molecular weight is 345 g/mol. The molecule has 1 N–H and O–H groups in total. The van der Waals surface area contributed by atoms with E-state index in [-0.39, 0.29) is 0 Å². The van der Waals surface area contributed by atoms with Crippen LogP contribution < -0.4 is 0 Å². The Morgan fingerprint density at radius 3 is 2.83 bits per heavy atom. The number of nitrogens with zero attached hydrogens (tertiary/aromatic N) is 3. The highest BCUT2D eigenvalue weighted by Gasteiger charge is 2.20. The van der Waals surface area contributed by atoms with Crippen molar-refractivity contribution in [3.8, 4) is 22.5 Å². The third-order valence-corrected chi connectivity index (χ3v) is 4.38. The molecule has 0 spiro atoms. The summed E-state index contributed by atoms with van der Waals surface area (Å²) in [6, 6.07) is 5.44. The Morgan fingerprint density at radius 1 is 1.09 bits per heavy atom. The minimum Gasteiger partial charge on any atom is -0.355 e. The van der Waals surface area contributed by atoms with Gasteiger partial charge in [0, 0.05) is 18.0 Å². The molecule has 3 heterocycles. The van der Waals surface area contributed by atoms with E-state index in [0.29, 0.717) is 27.0 Å². The van der Waals surface area contributed by atoms with E-state index in [1.165, 1.54) is 0 Å². The highest BCUT2D eigenvalue weighted by Crippen LogP contribution is 2.40. The van der Waals surface area contributed by atoms with Crippen LogP contribution in [-0.2, 0) is 0 Å². The van der Waals surface area contributed by atoms with Gasteiger partial charge in [0.1, 0.15) is 5.52 Å². The van der Waals surface area contributed by atoms with Gasteiger partial charge in [0.05, 0.1) is 33.1 Å². The van der Waals surface area contributed by atoms with E-state index in [9.17, 15) is 0 Å². The van der Waals surface area contributed by atoms with Gasteiger partial charge in [-0.3, -0.25) is 4.98 Å². The normalized spacial score (nSPS) is 11.3. The van der Waals surface area contributed by atoms with Crippen molar-refractivity contribution in [3.05, 3.63) is 52.5 Å². The van der Waals surface area contributed by atoms with Crippen LogP contribution in [0.15, 0.2) is 41.3 Å². The van der Waals surface area contributed by atoms with Crippen LogP contribution in [0.5, 0.6) is 0 Å². The minimum atomic E-state index is 0.459. The Bertz CT molecular complexity index is 1020. The molecule has 0 saturated heterocycles. The van der Waals surface area contributed by atoms with Crippen LogP contribution >= 0.6 is 23.2 Å². The first-order chi connectivity index (χ1) is 11.1. The van der Waals surface area contributed by atoms with Crippen LogP contribution in [0.2, 0.25) is 10.0 Å². The molecule has 0 bridgehead atoms. The summed E-state index contributed by atoms with van der Waals surface area (Å²) in [5.74, 6) is 0.568. The molecule has 0 fully saturated rings. The van der Waals surface area contributed by atoms with Gasteiger partial charge < -0.3 is 9.51 Å². The van der Waals surface area contributed by atoms with E-state index < -0.39 is 0 Å². The van der Waals surface area contributed by atoms with Crippen molar-refractivity contribution in [1.82, 2.24) is 20.1 Å². The van der Waals surface area contributed by atoms with Crippen LogP contribution in [0.4, 0.5) is 0 Å².